The lowest BCUT2D eigenvalue weighted by molar-refractivity contribution is -0.151. The van der Waals surface area contributed by atoms with E-state index >= 15 is 4.79 Å². The molecule has 1 fully saturated rings. The van der Waals surface area contributed by atoms with Crippen molar-refractivity contribution in [2.45, 2.75) is 175 Å². The van der Waals surface area contributed by atoms with Gasteiger partial charge in [0.2, 0.25) is 11.8 Å². The number of thiazole rings is 1. The molecular weight excluding hydrogens is 1030 g/mol. The average Bonchev–Trinajstić information content (AvgIpc) is 3.88. The predicted octanol–water partition coefficient (Wildman–Crippen LogP) is 9.07. The van der Waals surface area contributed by atoms with Gasteiger partial charge in [-0.1, -0.05) is 113 Å². The number of hydrogen-bond donors (Lipinski definition) is 3. The summed E-state index contributed by atoms with van der Waals surface area (Å²) in [4.78, 5) is 116. The van der Waals surface area contributed by atoms with E-state index in [1.165, 1.54) is 17.7 Å². The number of carbonyl (C=O) groups excluding carboxylic acids is 8. The Kier molecular flexibility index (Phi) is 31.0. The van der Waals surface area contributed by atoms with Crippen molar-refractivity contribution in [1.82, 2.24) is 25.4 Å². The van der Waals surface area contributed by atoms with Crippen LogP contribution in [0.2, 0.25) is 0 Å². The van der Waals surface area contributed by atoms with Crippen LogP contribution in [0.15, 0.2) is 40.5 Å². The van der Waals surface area contributed by atoms with Gasteiger partial charge in [-0.25, -0.2) is 4.98 Å². The SMILES string of the molecule is CCCCNC(=O)CN(C(=O)[C@@H](CC(=O)[C@H]1CCCCN1C)C(C)CC)[C@H](C[C@@H](OC(C)=O)c1nc(C(=O)N[C@@H](Cc2ccccc2)C[C@H](C)C(=O)CCCSSC[C@@H](N)C(=O)CCCC(=O)CN=P)cs1)C(C)C. The third kappa shape index (κ3) is 23.7. The van der Waals surface area contributed by atoms with Crippen molar-refractivity contribution in [3.63, 3.8) is 0 Å². The Morgan fingerprint density at radius 1 is 0.960 bits per heavy atom. The number of piperidine rings is 1. The van der Waals surface area contributed by atoms with Crippen molar-refractivity contribution in [3.05, 3.63) is 52.0 Å². The third-order valence-corrected chi connectivity index (χ3v) is 17.6. The van der Waals surface area contributed by atoms with Crippen LogP contribution in [0, 0.1) is 23.7 Å². The molecule has 20 heteroatoms. The summed E-state index contributed by atoms with van der Waals surface area (Å²) in [6.45, 7) is 14.2. The van der Waals surface area contributed by atoms with Gasteiger partial charge in [0.25, 0.3) is 5.91 Å². The van der Waals surface area contributed by atoms with E-state index in [2.05, 4.69) is 29.3 Å². The largest absolute Gasteiger partial charge is 0.455 e. The number of benzene rings is 1. The summed E-state index contributed by atoms with van der Waals surface area (Å²) in [5.41, 5.74) is 7.19. The number of nitrogens with two attached hydrogens (primary N) is 1. The van der Waals surface area contributed by atoms with Crippen LogP contribution in [0.5, 0.6) is 0 Å². The van der Waals surface area contributed by atoms with Crippen LogP contribution in [0.1, 0.15) is 166 Å². The predicted molar refractivity (Wildman–Crippen MR) is 304 cm³/mol. The lowest BCUT2D eigenvalue weighted by Gasteiger charge is -2.39. The summed E-state index contributed by atoms with van der Waals surface area (Å²) in [5.74, 6) is -1.94. The highest BCUT2D eigenvalue weighted by molar-refractivity contribution is 8.76. The first kappa shape index (κ1) is 65.4. The molecule has 0 spiro atoms. The molecule has 16 nitrogen and oxygen atoms in total. The number of esters is 1. The maximum Gasteiger partial charge on any atom is 0.303 e. The molecule has 4 N–H and O–H groups in total. The van der Waals surface area contributed by atoms with Gasteiger partial charge in [-0.3, -0.25) is 48.0 Å². The van der Waals surface area contributed by atoms with Crippen LogP contribution >= 0.6 is 42.0 Å². The monoisotopic (exact) mass is 1120 g/mol. The maximum absolute atomic E-state index is 15.1. The molecule has 75 heavy (non-hydrogen) atoms. The van der Waals surface area contributed by atoms with Crippen molar-refractivity contribution in [2.75, 3.05) is 44.7 Å². The van der Waals surface area contributed by atoms with Crippen molar-refractivity contribution < 1.29 is 43.1 Å². The standard InChI is InChI=1S/C55H86N7O9PS3/c1-9-11-25-57-52(68)33-62(55(70)43(37(5)10-2)30-50(67)46-22-15-16-26-61(46)8)47(36(3)4)31-51(71-39(7)63)54-60-45(35-73-54)53(69)59-41(29-40-19-13-12-14-20-40)28-38(6)48(65)24-18-27-74-75-34-44(56)49(66)23-17-21-42(64)32-58-72/h12-14,19-20,35-38,41,43-44,46-47,51,72H,9-11,15-18,21-34,56H2,1-8H3,(H,57,68)(H,59,69)/t37?,38-,41+,43-,44+,46+,47+,51+/m0/s1. The van der Waals surface area contributed by atoms with Crippen LogP contribution in [0.4, 0.5) is 0 Å². The summed E-state index contributed by atoms with van der Waals surface area (Å²) >= 11 is 1.16. The van der Waals surface area contributed by atoms with Gasteiger partial charge in [0.1, 0.15) is 28.8 Å². The molecule has 0 aliphatic carbocycles. The number of amides is 3. The van der Waals surface area contributed by atoms with E-state index in [1.54, 1.807) is 21.1 Å². The van der Waals surface area contributed by atoms with Gasteiger partial charge in [0, 0.05) is 86.4 Å². The van der Waals surface area contributed by atoms with Crippen LogP contribution in [0.25, 0.3) is 0 Å². The molecule has 418 valence electrons. The molecule has 3 rings (SSSR count). The molecule has 1 aromatic carbocycles. The number of aromatic nitrogens is 1. The molecule has 1 unspecified atom stereocenters. The number of carbonyl (C=O) groups is 8. The summed E-state index contributed by atoms with van der Waals surface area (Å²) in [6, 6.07) is 7.77. The highest BCUT2D eigenvalue weighted by Crippen LogP contribution is 2.34. The van der Waals surface area contributed by atoms with E-state index < -0.39 is 42.0 Å². The number of likely N-dealkylation sites (N-methyl/N-ethyl adjacent to an activating group) is 1. The molecule has 0 radical (unpaired) electrons. The Morgan fingerprint density at radius 2 is 1.68 bits per heavy atom. The van der Waals surface area contributed by atoms with Gasteiger partial charge in [-0.15, -0.1) is 11.3 Å². The second-order valence-corrected chi connectivity index (χ2v) is 24.3. The molecular formula is C55H86N7O9PS3. The second kappa shape index (κ2) is 35.5. The first-order valence-electron chi connectivity index (χ1n) is 27.0. The number of Topliss-reactive ketones (excluding diaryl/α,β-unsaturated/α-hetero) is 4. The number of likely N-dealkylation sites (tertiary alicyclic amines) is 1. The van der Waals surface area contributed by atoms with E-state index in [9.17, 15) is 33.6 Å². The molecule has 8 atom stereocenters. The maximum atomic E-state index is 15.1. The molecule has 1 aliphatic rings. The fourth-order valence-electron chi connectivity index (χ4n) is 9.30. The molecule has 2 aromatic rings. The van der Waals surface area contributed by atoms with Crippen LogP contribution in [-0.2, 0) is 44.7 Å². The van der Waals surface area contributed by atoms with Gasteiger partial charge in [-0.2, -0.15) is 0 Å². The topological polar surface area (TPSA) is 228 Å². The molecule has 2 heterocycles. The van der Waals surface area contributed by atoms with Gasteiger partial charge >= 0.3 is 5.97 Å². The minimum Gasteiger partial charge on any atom is -0.455 e. The second-order valence-electron chi connectivity index (χ2n) is 20.5. The zero-order valence-corrected chi connectivity index (χ0v) is 49.2. The van der Waals surface area contributed by atoms with E-state index in [1.807, 2.05) is 78.9 Å². The average molecular weight is 1120 g/mol. The minimum absolute atomic E-state index is 0.0274. The zero-order valence-electron chi connectivity index (χ0n) is 45.8. The fraction of sp³-hybridized carbons (Fsp3) is 0.691. The molecule has 1 saturated heterocycles. The molecule has 3 amide bonds. The third-order valence-electron chi connectivity index (χ3n) is 14.0. The number of nitrogens with one attached hydrogen (secondary N) is 2. The zero-order chi connectivity index (χ0) is 55.5. The van der Waals surface area contributed by atoms with Gasteiger partial charge in [0.05, 0.1) is 18.6 Å². The van der Waals surface area contributed by atoms with Crippen LogP contribution < -0.4 is 16.4 Å². The van der Waals surface area contributed by atoms with E-state index in [4.69, 9.17) is 15.5 Å². The summed E-state index contributed by atoms with van der Waals surface area (Å²) < 4.78 is 9.59. The summed E-state index contributed by atoms with van der Waals surface area (Å²) in [7, 11) is 7.94. The quantitative estimate of drug-likeness (QED) is 0.0247. The summed E-state index contributed by atoms with van der Waals surface area (Å²) in [6.07, 6.45) is 7.01. The van der Waals surface area contributed by atoms with Crippen molar-refractivity contribution >= 4 is 88.8 Å². The Bertz CT molecular complexity index is 2150. The van der Waals surface area contributed by atoms with Crippen LogP contribution in [0.3, 0.4) is 0 Å². The lowest BCUT2D eigenvalue weighted by atomic mass is 9.82. The van der Waals surface area contributed by atoms with Crippen molar-refractivity contribution in [1.29, 1.82) is 0 Å². The van der Waals surface area contributed by atoms with Gasteiger partial charge < -0.3 is 26.0 Å². The number of hydrogen-bond acceptors (Lipinski definition) is 16. The Morgan fingerprint density at radius 3 is 2.33 bits per heavy atom. The molecule has 1 aromatic heterocycles. The van der Waals surface area contributed by atoms with E-state index in [0.29, 0.717) is 61.6 Å². The normalized spacial score (nSPS) is 16.6. The van der Waals surface area contributed by atoms with Crippen molar-refractivity contribution in [3.8, 4) is 0 Å². The van der Waals surface area contributed by atoms with Crippen LogP contribution in [-0.4, -0.2) is 131 Å². The minimum atomic E-state index is -0.970. The number of nitrogens with zero attached hydrogens (tertiary/aromatic N) is 4. The van der Waals surface area contributed by atoms with Crippen molar-refractivity contribution in [2.24, 2.45) is 34.2 Å². The van der Waals surface area contributed by atoms with E-state index in [-0.39, 0.29) is 103 Å². The highest BCUT2D eigenvalue weighted by Gasteiger charge is 2.40. The first-order valence-corrected chi connectivity index (χ1v) is 30.8. The number of ketones is 4. The number of unbranched alkanes of at least 4 members (excludes halogenated alkanes) is 1. The van der Waals surface area contributed by atoms with Gasteiger partial charge in [0.15, 0.2) is 17.7 Å². The first-order chi connectivity index (χ1) is 35.8. The van der Waals surface area contributed by atoms with Gasteiger partial charge in [-0.05, 0) is 85.0 Å². The molecule has 0 saturated carbocycles. The van der Waals surface area contributed by atoms with E-state index in [0.717, 1.165) is 55.5 Å². The summed E-state index contributed by atoms with van der Waals surface area (Å²) in [5, 5.41) is 8.07. The lowest BCUT2D eigenvalue weighted by Crippen LogP contribution is -2.53. The molecule has 1 aliphatic heterocycles. The highest BCUT2D eigenvalue weighted by atomic mass is 33.1. The Hall–Kier alpha value is -3.87. The Balaban J connectivity index is 1.78. The smallest absolute Gasteiger partial charge is 0.303 e. The number of ether oxygens (including phenoxy) is 1. The number of rotatable bonds is 38. The Labute approximate surface area is 460 Å². The fourth-order valence-corrected chi connectivity index (χ4v) is 12.6. The molecule has 0 bridgehead atoms.